The Hall–Kier alpha value is -1.27. The number of nitrogens with one attached hydrogen (secondary N) is 1. The summed E-state index contributed by atoms with van der Waals surface area (Å²) in [4.78, 5) is 11.7. The highest BCUT2D eigenvalue weighted by Gasteiger charge is 2.43. The van der Waals surface area contributed by atoms with Crippen LogP contribution >= 0.6 is 0 Å². The van der Waals surface area contributed by atoms with Crippen molar-refractivity contribution in [2.75, 3.05) is 20.2 Å². The van der Waals surface area contributed by atoms with E-state index in [1.165, 1.54) is 7.11 Å². The summed E-state index contributed by atoms with van der Waals surface area (Å²) >= 11 is 0. The highest BCUT2D eigenvalue weighted by atomic mass is 19.4. The lowest BCUT2D eigenvalue weighted by Gasteiger charge is -2.31. The summed E-state index contributed by atoms with van der Waals surface area (Å²) in [7, 11) is 1.36. The SMILES string of the molecule is COC(=N)C1CCN(C(=O)C(F)(F)F)CC1. The highest BCUT2D eigenvalue weighted by molar-refractivity contribution is 5.82. The number of rotatable bonds is 1. The van der Waals surface area contributed by atoms with Crippen LogP contribution in [0.1, 0.15) is 12.8 Å². The normalized spacial score (nSPS) is 18.4. The monoisotopic (exact) mass is 238 g/mol. The second kappa shape index (κ2) is 4.71. The molecule has 0 radical (unpaired) electrons. The Bertz CT molecular complexity index is 283. The summed E-state index contributed by atoms with van der Waals surface area (Å²) < 4.78 is 41.0. The van der Waals surface area contributed by atoms with E-state index in [2.05, 4.69) is 0 Å². The van der Waals surface area contributed by atoms with Gasteiger partial charge in [-0.3, -0.25) is 10.2 Å². The molecule has 0 bridgehead atoms. The summed E-state index contributed by atoms with van der Waals surface area (Å²) in [5.41, 5.74) is 0. The molecule has 0 aromatic heterocycles. The third-order valence-corrected chi connectivity index (χ3v) is 2.62. The van der Waals surface area contributed by atoms with Crippen molar-refractivity contribution >= 4 is 11.8 Å². The molecule has 7 heteroatoms. The first-order valence-corrected chi connectivity index (χ1v) is 4.84. The molecule has 1 N–H and O–H groups in total. The van der Waals surface area contributed by atoms with Crippen molar-refractivity contribution in [1.82, 2.24) is 4.90 Å². The minimum absolute atomic E-state index is 0.0226. The van der Waals surface area contributed by atoms with Crippen molar-refractivity contribution in [1.29, 1.82) is 5.41 Å². The van der Waals surface area contributed by atoms with E-state index in [0.717, 1.165) is 4.90 Å². The first-order chi connectivity index (χ1) is 7.36. The molecule has 4 nitrogen and oxygen atoms in total. The number of likely N-dealkylation sites (tertiary alicyclic amines) is 1. The average molecular weight is 238 g/mol. The molecular formula is C9H13F3N2O2. The number of ether oxygens (including phenoxy) is 1. The molecule has 1 aliphatic heterocycles. The highest BCUT2D eigenvalue weighted by Crippen LogP contribution is 2.24. The van der Waals surface area contributed by atoms with Gasteiger partial charge in [0, 0.05) is 19.0 Å². The summed E-state index contributed by atoms with van der Waals surface area (Å²) in [5.74, 6) is -1.91. The quantitative estimate of drug-likeness (QED) is 0.554. The molecular weight excluding hydrogens is 225 g/mol. The Labute approximate surface area is 90.9 Å². The van der Waals surface area contributed by atoms with Gasteiger partial charge in [0.25, 0.3) is 0 Å². The molecule has 0 saturated carbocycles. The van der Waals surface area contributed by atoms with Gasteiger partial charge in [0.1, 0.15) is 0 Å². The van der Waals surface area contributed by atoms with E-state index in [-0.39, 0.29) is 24.9 Å². The van der Waals surface area contributed by atoms with E-state index >= 15 is 0 Å². The Kier molecular flexibility index (Phi) is 3.77. The zero-order chi connectivity index (χ0) is 12.3. The minimum atomic E-state index is -4.80. The van der Waals surface area contributed by atoms with Gasteiger partial charge >= 0.3 is 12.1 Å². The van der Waals surface area contributed by atoms with Gasteiger partial charge in [-0.25, -0.2) is 0 Å². The number of carbonyl (C=O) groups is 1. The van der Waals surface area contributed by atoms with Crippen molar-refractivity contribution in [3.63, 3.8) is 0 Å². The fourth-order valence-electron chi connectivity index (χ4n) is 1.69. The lowest BCUT2D eigenvalue weighted by molar-refractivity contribution is -0.186. The van der Waals surface area contributed by atoms with Gasteiger partial charge in [-0.05, 0) is 12.8 Å². The van der Waals surface area contributed by atoms with Gasteiger partial charge < -0.3 is 9.64 Å². The molecule has 0 aliphatic carbocycles. The fraction of sp³-hybridized carbons (Fsp3) is 0.778. The molecule has 16 heavy (non-hydrogen) atoms. The molecule has 0 unspecified atom stereocenters. The lowest BCUT2D eigenvalue weighted by Crippen LogP contribution is -2.46. The van der Waals surface area contributed by atoms with Crippen molar-refractivity contribution in [2.45, 2.75) is 19.0 Å². The van der Waals surface area contributed by atoms with Crippen molar-refractivity contribution < 1.29 is 22.7 Å². The fourth-order valence-corrected chi connectivity index (χ4v) is 1.69. The Morgan fingerprint density at radius 1 is 1.38 bits per heavy atom. The second-order valence-electron chi connectivity index (χ2n) is 3.63. The van der Waals surface area contributed by atoms with Crippen LogP contribution in [0, 0.1) is 11.3 Å². The number of nitrogens with zero attached hydrogens (tertiary/aromatic N) is 1. The van der Waals surface area contributed by atoms with Gasteiger partial charge in [-0.1, -0.05) is 0 Å². The van der Waals surface area contributed by atoms with Crippen molar-refractivity contribution in [3.05, 3.63) is 0 Å². The van der Waals surface area contributed by atoms with Crippen molar-refractivity contribution in [2.24, 2.45) is 5.92 Å². The van der Waals surface area contributed by atoms with Crippen LogP contribution in [0.4, 0.5) is 13.2 Å². The average Bonchev–Trinajstić information content (AvgIpc) is 2.26. The number of carbonyl (C=O) groups excluding carboxylic acids is 1. The topological polar surface area (TPSA) is 53.4 Å². The second-order valence-corrected chi connectivity index (χ2v) is 3.63. The van der Waals surface area contributed by atoms with Crippen LogP contribution < -0.4 is 0 Å². The molecule has 1 amide bonds. The Morgan fingerprint density at radius 2 is 1.88 bits per heavy atom. The van der Waals surface area contributed by atoms with Crippen LogP contribution in [-0.2, 0) is 9.53 Å². The molecule has 0 aromatic carbocycles. The maximum atomic E-state index is 12.1. The number of hydrogen-bond donors (Lipinski definition) is 1. The zero-order valence-electron chi connectivity index (χ0n) is 8.80. The Morgan fingerprint density at radius 3 is 2.25 bits per heavy atom. The van der Waals surface area contributed by atoms with E-state index in [0.29, 0.717) is 12.8 Å². The predicted molar refractivity (Wildman–Crippen MR) is 50.1 cm³/mol. The molecule has 1 rings (SSSR count). The molecule has 1 aliphatic rings. The van der Waals surface area contributed by atoms with E-state index in [1.807, 2.05) is 0 Å². The van der Waals surface area contributed by atoms with Crippen LogP contribution in [0.15, 0.2) is 0 Å². The van der Waals surface area contributed by atoms with Gasteiger partial charge in [0.05, 0.1) is 7.11 Å². The van der Waals surface area contributed by atoms with Crippen LogP contribution in [0.25, 0.3) is 0 Å². The number of amides is 1. The van der Waals surface area contributed by atoms with E-state index in [4.69, 9.17) is 10.1 Å². The summed E-state index contributed by atoms with van der Waals surface area (Å²) in [6, 6.07) is 0. The third-order valence-electron chi connectivity index (χ3n) is 2.62. The van der Waals surface area contributed by atoms with E-state index < -0.39 is 12.1 Å². The summed E-state index contributed by atoms with van der Waals surface area (Å²) in [5, 5.41) is 7.38. The van der Waals surface area contributed by atoms with Crippen LogP contribution in [0.5, 0.6) is 0 Å². The molecule has 0 atom stereocenters. The number of alkyl halides is 3. The maximum absolute atomic E-state index is 12.1. The first kappa shape index (κ1) is 12.8. The molecule has 92 valence electrons. The molecule has 0 aromatic rings. The first-order valence-electron chi connectivity index (χ1n) is 4.84. The Balaban J connectivity index is 2.49. The van der Waals surface area contributed by atoms with E-state index in [9.17, 15) is 18.0 Å². The largest absolute Gasteiger partial charge is 0.484 e. The van der Waals surface area contributed by atoms with Crippen LogP contribution in [-0.4, -0.2) is 43.1 Å². The number of hydrogen-bond acceptors (Lipinski definition) is 3. The smallest absolute Gasteiger partial charge is 0.471 e. The molecule has 0 spiro atoms. The summed E-state index contributed by atoms with van der Waals surface area (Å²) in [6.07, 6.45) is -4.12. The van der Waals surface area contributed by atoms with Crippen molar-refractivity contribution in [3.8, 4) is 0 Å². The standard InChI is InChI=1S/C9H13F3N2O2/c1-16-7(13)6-2-4-14(5-3-6)8(15)9(10,11)12/h6,13H,2-5H2,1H3. The van der Waals surface area contributed by atoms with Gasteiger partial charge in [0.15, 0.2) is 5.90 Å². The van der Waals surface area contributed by atoms with Crippen LogP contribution in [0.3, 0.4) is 0 Å². The van der Waals surface area contributed by atoms with Gasteiger partial charge in [0.2, 0.25) is 0 Å². The zero-order valence-corrected chi connectivity index (χ0v) is 8.80. The summed E-state index contributed by atoms with van der Waals surface area (Å²) in [6.45, 7) is 0.0451. The molecule has 1 heterocycles. The molecule has 1 fully saturated rings. The lowest BCUT2D eigenvalue weighted by atomic mass is 9.96. The third kappa shape index (κ3) is 2.86. The minimum Gasteiger partial charge on any atom is -0.484 e. The van der Waals surface area contributed by atoms with Gasteiger partial charge in [-0.15, -0.1) is 0 Å². The number of halogens is 3. The number of methoxy groups -OCH3 is 1. The number of piperidine rings is 1. The predicted octanol–water partition coefficient (Wildman–Crippen LogP) is 1.41. The maximum Gasteiger partial charge on any atom is 0.471 e. The van der Waals surface area contributed by atoms with Gasteiger partial charge in [-0.2, -0.15) is 13.2 Å². The van der Waals surface area contributed by atoms with Crippen LogP contribution in [0.2, 0.25) is 0 Å². The molecule has 1 saturated heterocycles. The van der Waals surface area contributed by atoms with E-state index in [1.54, 1.807) is 0 Å².